The van der Waals surface area contributed by atoms with Crippen molar-refractivity contribution in [3.8, 4) is 0 Å². The van der Waals surface area contributed by atoms with E-state index < -0.39 is 9.05 Å². The summed E-state index contributed by atoms with van der Waals surface area (Å²) in [6.45, 7) is 3.11. The molecule has 2 atom stereocenters. The maximum Gasteiger partial charge on any atom is 0.233 e. The lowest BCUT2D eigenvalue weighted by Crippen LogP contribution is -2.37. The van der Waals surface area contributed by atoms with Gasteiger partial charge in [-0.15, -0.1) is 0 Å². The van der Waals surface area contributed by atoms with Gasteiger partial charge in [-0.25, -0.2) is 8.42 Å². The van der Waals surface area contributed by atoms with Crippen molar-refractivity contribution in [1.82, 2.24) is 4.90 Å². The van der Waals surface area contributed by atoms with Gasteiger partial charge in [0, 0.05) is 17.2 Å². The van der Waals surface area contributed by atoms with Gasteiger partial charge >= 0.3 is 0 Å². The van der Waals surface area contributed by atoms with Crippen LogP contribution in [0.25, 0.3) is 0 Å². The van der Waals surface area contributed by atoms with E-state index in [2.05, 4.69) is 4.90 Å². The van der Waals surface area contributed by atoms with Crippen LogP contribution in [0.3, 0.4) is 0 Å². The van der Waals surface area contributed by atoms with Gasteiger partial charge in [-0.05, 0) is 37.8 Å². The Kier molecular flexibility index (Phi) is 2.33. The molecule has 0 aromatic rings. The molecule has 5 heteroatoms. The van der Waals surface area contributed by atoms with E-state index in [4.69, 9.17) is 10.7 Å². The zero-order chi connectivity index (χ0) is 9.53. The van der Waals surface area contributed by atoms with Crippen molar-refractivity contribution in [2.75, 3.05) is 25.4 Å². The molecule has 0 aromatic carbocycles. The highest BCUT2D eigenvalue weighted by Gasteiger charge is 2.43. The third-order valence-corrected chi connectivity index (χ3v) is 4.46. The van der Waals surface area contributed by atoms with Gasteiger partial charge in [0.15, 0.2) is 0 Å². The smallest absolute Gasteiger partial charge is 0.233 e. The van der Waals surface area contributed by atoms with E-state index in [1.165, 1.54) is 0 Å². The van der Waals surface area contributed by atoms with E-state index in [-0.39, 0.29) is 11.2 Å². The molecule has 2 bridgehead atoms. The summed E-state index contributed by atoms with van der Waals surface area (Å²) in [5, 5.41) is 0. The molecule has 13 heavy (non-hydrogen) atoms. The quantitative estimate of drug-likeness (QED) is 0.657. The molecule has 0 aromatic heterocycles. The van der Waals surface area contributed by atoms with Crippen LogP contribution in [-0.2, 0) is 9.05 Å². The fraction of sp³-hybridized carbons (Fsp3) is 1.00. The predicted molar refractivity (Wildman–Crippen MR) is 52.4 cm³/mol. The molecule has 0 aliphatic carbocycles. The number of rotatable bonds is 2. The molecule has 76 valence electrons. The summed E-state index contributed by atoms with van der Waals surface area (Å²) >= 11 is 0. The molecule has 2 aliphatic rings. The maximum atomic E-state index is 11.0. The Balaban J connectivity index is 2.12. The lowest BCUT2D eigenvalue weighted by molar-refractivity contribution is 0.203. The Morgan fingerprint density at radius 2 is 2.08 bits per heavy atom. The zero-order valence-electron chi connectivity index (χ0n) is 7.50. The highest BCUT2D eigenvalue weighted by atomic mass is 35.7. The van der Waals surface area contributed by atoms with Crippen LogP contribution in [0.1, 0.15) is 19.3 Å². The van der Waals surface area contributed by atoms with Crippen molar-refractivity contribution in [2.45, 2.75) is 19.3 Å². The van der Waals surface area contributed by atoms with E-state index in [0.29, 0.717) is 0 Å². The molecule has 2 aliphatic heterocycles. The number of hydrogen-bond donors (Lipinski definition) is 0. The summed E-state index contributed by atoms with van der Waals surface area (Å²) in [6, 6.07) is 0. The second kappa shape index (κ2) is 3.11. The summed E-state index contributed by atoms with van der Waals surface area (Å²) in [6.07, 6.45) is 3.14. The Morgan fingerprint density at radius 3 is 2.77 bits per heavy atom. The molecule has 0 N–H and O–H groups in total. The van der Waals surface area contributed by atoms with Crippen LogP contribution >= 0.6 is 10.7 Å². The lowest BCUT2D eigenvalue weighted by Gasteiger charge is -2.32. The van der Waals surface area contributed by atoms with Crippen molar-refractivity contribution >= 4 is 19.7 Å². The van der Waals surface area contributed by atoms with E-state index in [1.807, 2.05) is 0 Å². The van der Waals surface area contributed by atoms with Crippen molar-refractivity contribution in [1.29, 1.82) is 0 Å². The Hall–Kier alpha value is 0.200. The first-order chi connectivity index (χ1) is 5.99. The minimum absolute atomic E-state index is 0.0150. The summed E-state index contributed by atoms with van der Waals surface area (Å²) in [4.78, 5) is 2.34. The Morgan fingerprint density at radius 1 is 1.31 bits per heavy atom. The maximum absolute atomic E-state index is 11.0. The number of piperidine rings is 1. The van der Waals surface area contributed by atoms with E-state index in [0.717, 1.165) is 38.9 Å². The van der Waals surface area contributed by atoms with Gasteiger partial charge in [0.05, 0.1) is 5.75 Å². The van der Waals surface area contributed by atoms with E-state index in [9.17, 15) is 8.42 Å². The molecule has 2 fully saturated rings. The average Bonchev–Trinajstić information content (AvgIpc) is 2.23. The van der Waals surface area contributed by atoms with Crippen molar-refractivity contribution < 1.29 is 8.42 Å². The normalized spacial score (nSPS) is 39.3. The van der Waals surface area contributed by atoms with Crippen LogP contribution in [0.4, 0.5) is 0 Å². The van der Waals surface area contributed by atoms with Gasteiger partial charge in [0.1, 0.15) is 0 Å². The van der Waals surface area contributed by atoms with Crippen LogP contribution in [0.5, 0.6) is 0 Å². The number of halogens is 1. The van der Waals surface area contributed by atoms with Crippen molar-refractivity contribution in [2.24, 2.45) is 5.41 Å². The molecule has 0 amide bonds. The van der Waals surface area contributed by atoms with Gasteiger partial charge in [-0.3, -0.25) is 0 Å². The second-order valence-corrected chi connectivity index (χ2v) is 7.09. The molecular weight excluding hydrogens is 210 g/mol. The summed E-state index contributed by atoms with van der Waals surface area (Å²) in [5.74, 6) is 0.165. The first-order valence-electron chi connectivity index (χ1n) is 4.64. The molecule has 2 unspecified atom stereocenters. The zero-order valence-corrected chi connectivity index (χ0v) is 9.07. The third kappa shape index (κ3) is 2.17. The van der Waals surface area contributed by atoms with Crippen molar-refractivity contribution in [3.05, 3.63) is 0 Å². The van der Waals surface area contributed by atoms with Gasteiger partial charge in [-0.2, -0.15) is 0 Å². The van der Waals surface area contributed by atoms with Gasteiger partial charge < -0.3 is 4.90 Å². The number of nitrogens with zero attached hydrogens (tertiary/aromatic N) is 1. The van der Waals surface area contributed by atoms with Crippen LogP contribution in [-0.4, -0.2) is 38.7 Å². The van der Waals surface area contributed by atoms with Crippen LogP contribution in [0, 0.1) is 5.41 Å². The molecule has 0 radical (unpaired) electrons. The molecule has 2 saturated heterocycles. The Bertz CT molecular complexity index is 299. The summed E-state index contributed by atoms with van der Waals surface area (Å²) < 4.78 is 22.1. The highest BCUT2D eigenvalue weighted by molar-refractivity contribution is 8.13. The van der Waals surface area contributed by atoms with Crippen LogP contribution < -0.4 is 0 Å². The second-order valence-electron chi connectivity index (χ2n) is 4.31. The molecular formula is C8H14ClNO2S. The monoisotopic (exact) mass is 223 g/mol. The molecule has 2 heterocycles. The fourth-order valence-corrected chi connectivity index (χ4v) is 4.46. The molecule has 0 spiro atoms. The molecule has 0 saturated carbocycles. The first-order valence-corrected chi connectivity index (χ1v) is 7.12. The van der Waals surface area contributed by atoms with E-state index in [1.54, 1.807) is 0 Å². The molecule has 2 rings (SSSR count). The van der Waals surface area contributed by atoms with Gasteiger partial charge in [-0.1, -0.05) is 0 Å². The minimum atomic E-state index is -3.32. The average molecular weight is 224 g/mol. The Labute approximate surface area is 83.5 Å². The van der Waals surface area contributed by atoms with E-state index >= 15 is 0 Å². The largest absolute Gasteiger partial charge is 0.303 e. The summed E-state index contributed by atoms with van der Waals surface area (Å²) in [7, 11) is 1.98. The first kappa shape index (κ1) is 9.74. The topological polar surface area (TPSA) is 37.4 Å². The van der Waals surface area contributed by atoms with Gasteiger partial charge in [0.25, 0.3) is 0 Å². The number of hydrogen-bond acceptors (Lipinski definition) is 3. The molecule has 3 nitrogen and oxygen atoms in total. The highest BCUT2D eigenvalue weighted by Crippen LogP contribution is 2.40. The van der Waals surface area contributed by atoms with Crippen molar-refractivity contribution in [3.63, 3.8) is 0 Å². The standard InChI is InChI=1S/C8H14ClNO2S/c9-13(11,12)7-8-2-1-4-10(6-8)5-3-8/h1-7H2. The third-order valence-electron chi connectivity index (χ3n) is 3.18. The SMILES string of the molecule is O=S(=O)(Cl)CC12CCCN(CC1)C2. The van der Waals surface area contributed by atoms with Gasteiger partial charge in [0.2, 0.25) is 9.05 Å². The fourth-order valence-electron chi connectivity index (χ4n) is 2.66. The predicted octanol–water partition coefficient (Wildman–Crippen LogP) is 1.04. The summed E-state index contributed by atoms with van der Waals surface area (Å²) in [5.41, 5.74) is -0.0150. The number of fused-ring (bicyclic) bond motifs is 2. The lowest BCUT2D eigenvalue weighted by atomic mass is 9.83. The minimum Gasteiger partial charge on any atom is -0.303 e. The van der Waals surface area contributed by atoms with Crippen LogP contribution in [0.15, 0.2) is 0 Å². The van der Waals surface area contributed by atoms with Crippen LogP contribution in [0.2, 0.25) is 0 Å².